The summed E-state index contributed by atoms with van der Waals surface area (Å²) in [5.41, 5.74) is 3.19. The Morgan fingerprint density at radius 3 is 2.33 bits per heavy atom. The van der Waals surface area contributed by atoms with E-state index in [0.29, 0.717) is 36.5 Å². The number of aromatic amines is 1. The summed E-state index contributed by atoms with van der Waals surface area (Å²) < 4.78 is 10.2. The summed E-state index contributed by atoms with van der Waals surface area (Å²) in [6.45, 7) is 0.792. The highest BCUT2D eigenvalue weighted by atomic mass is 16.5. The fraction of sp³-hybridized carbons (Fsp3) is 0.303. The van der Waals surface area contributed by atoms with Gasteiger partial charge in [0.25, 0.3) is 0 Å². The van der Waals surface area contributed by atoms with Crippen molar-refractivity contribution in [3.63, 3.8) is 0 Å². The minimum atomic E-state index is -1.36. The van der Waals surface area contributed by atoms with Gasteiger partial charge in [-0.15, -0.1) is 0 Å². The number of rotatable bonds is 12. The first-order valence-corrected chi connectivity index (χ1v) is 15.6. The molecule has 15 heteroatoms. The van der Waals surface area contributed by atoms with Gasteiger partial charge in [-0.05, 0) is 11.1 Å². The van der Waals surface area contributed by atoms with E-state index in [1.54, 1.807) is 10.9 Å². The number of hydrogen-bond acceptors (Lipinski definition) is 11. The summed E-state index contributed by atoms with van der Waals surface area (Å²) in [7, 11) is 1.91. The predicted molar refractivity (Wildman–Crippen MR) is 177 cm³/mol. The summed E-state index contributed by atoms with van der Waals surface area (Å²) >= 11 is 0. The fourth-order valence-corrected chi connectivity index (χ4v) is 6.15. The van der Waals surface area contributed by atoms with E-state index in [0.717, 1.165) is 27.6 Å². The summed E-state index contributed by atoms with van der Waals surface area (Å²) in [6, 6.07) is 20.3. The van der Waals surface area contributed by atoms with Crippen LogP contribution < -0.4 is 16.3 Å². The number of aliphatic hydroxyl groups excluding tert-OH is 2. The number of aliphatic hydroxyl groups is 2. The number of anilines is 2. The number of aromatic nitrogens is 8. The second-order valence-electron chi connectivity index (χ2n) is 11.8. The molecule has 2 aromatic carbocycles. The van der Waals surface area contributed by atoms with Crippen LogP contribution in [0.2, 0.25) is 0 Å². The minimum Gasteiger partial charge on any atom is -0.493 e. The average molecular weight is 653 g/mol. The lowest BCUT2D eigenvalue weighted by Gasteiger charge is -2.28. The van der Waals surface area contributed by atoms with E-state index < -0.39 is 36.0 Å². The van der Waals surface area contributed by atoms with Gasteiger partial charge in [-0.2, -0.15) is 9.97 Å². The van der Waals surface area contributed by atoms with Crippen molar-refractivity contribution in [1.82, 2.24) is 38.6 Å². The maximum absolute atomic E-state index is 13.0. The number of aryl methyl sites for hydroxylation is 1. The zero-order chi connectivity index (χ0) is 33.2. The van der Waals surface area contributed by atoms with E-state index in [9.17, 15) is 20.1 Å². The molecule has 6 aromatic rings. The predicted octanol–water partition coefficient (Wildman–Crippen LogP) is 1.82. The molecule has 15 nitrogen and oxygen atoms in total. The standard InChI is InChI=1S/C33H36N10O5/c1-41-16-22(37-18-41)12-13-34-32-39-29(35-14-23(20-8-4-2-5-9-20)21-10-6-3-7-11-21)26-30(40-32)42(19-38-26)31(28-27(46)24(44)17-48-28)43-25(45)15-36-33(43)47/h2-11,15-16,18-19,23-24,27-28,31,44-46H,12-14,17H2,1H3,(H,36,47)(H2,34,35,39,40)/t24-,27+,28+,31?/m1/s1. The molecular formula is C33H36N10O5. The zero-order valence-electron chi connectivity index (χ0n) is 26.1. The number of benzene rings is 2. The molecule has 1 saturated heterocycles. The molecule has 4 atom stereocenters. The summed E-state index contributed by atoms with van der Waals surface area (Å²) in [4.78, 5) is 34.1. The average Bonchev–Trinajstić information content (AvgIpc) is 3.88. The monoisotopic (exact) mass is 652 g/mol. The second kappa shape index (κ2) is 13.3. The van der Waals surface area contributed by atoms with Gasteiger partial charge < -0.3 is 40.2 Å². The molecule has 1 aliphatic rings. The van der Waals surface area contributed by atoms with E-state index in [4.69, 9.17) is 14.7 Å². The Hall–Kier alpha value is -5.51. The van der Waals surface area contributed by atoms with Crippen LogP contribution in [0.3, 0.4) is 0 Å². The van der Waals surface area contributed by atoms with Gasteiger partial charge in [0.15, 0.2) is 17.0 Å². The number of H-pyrrole nitrogens is 1. The van der Waals surface area contributed by atoms with Gasteiger partial charge in [0.05, 0.1) is 31.2 Å². The summed E-state index contributed by atoms with van der Waals surface area (Å²) in [5.74, 6) is 0.314. The molecule has 0 radical (unpaired) electrons. The molecule has 1 fully saturated rings. The Morgan fingerprint density at radius 1 is 1.00 bits per heavy atom. The van der Waals surface area contributed by atoms with Crippen molar-refractivity contribution < 1.29 is 20.1 Å². The van der Waals surface area contributed by atoms with Crippen LogP contribution in [0, 0.1) is 0 Å². The Bertz CT molecular complexity index is 2000. The van der Waals surface area contributed by atoms with Crippen molar-refractivity contribution in [1.29, 1.82) is 0 Å². The lowest BCUT2D eigenvalue weighted by Crippen LogP contribution is -2.42. The topological polar surface area (TPSA) is 193 Å². The van der Waals surface area contributed by atoms with Crippen molar-refractivity contribution in [3.05, 3.63) is 113 Å². The molecule has 0 aliphatic carbocycles. The van der Waals surface area contributed by atoms with Crippen LogP contribution in [0.25, 0.3) is 11.2 Å². The van der Waals surface area contributed by atoms with Crippen LogP contribution in [0.5, 0.6) is 5.88 Å². The summed E-state index contributed by atoms with van der Waals surface area (Å²) in [5, 5.41) is 38.7. The maximum Gasteiger partial charge on any atom is 0.330 e. The van der Waals surface area contributed by atoms with E-state index in [2.05, 4.69) is 49.9 Å². The second-order valence-corrected chi connectivity index (χ2v) is 11.8. The third kappa shape index (κ3) is 6.13. The highest BCUT2D eigenvalue weighted by molar-refractivity contribution is 5.84. The number of nitrogens with zero attached hydrogens (tertiary/aromatic N) is 7. The molecule has 5 heterocycles. The maximum atomic E-state index is 13.0. The number of nitrogens with one attached hydrogen (secondary N) is 3. The van der Waals surface area contributed by atoms with Crippen LogP contribution >= 0.6 is 0 Å². The van der Waals surface area contributed by atoms with Crippen molar-refractivity contribution in [2.24, 2.45) is 7.05 Å². The third-order valence-corrected chi connectivity index (χ3v) is 8.55. The van der Waals surface area contributed by atoms with Crippen LogP contribution in [-0.2, 0) is 18.2 Å². The first-order chi connectivity index (χ1) is 23.4. The Morgan fingerprint density at radius 2 is 1.73 bits per heavy atom. The SMILES string of the molecule is Cn1cnc(CCNc2nc(NCC(c3ccccc3)c3ccccc3)c3ncn(C([C@H]4OC[C@@H](O)[C@@H]4O)n4c(O)c[nH]c4=O)c3n2)c1. The highest BCUT2D eigenvalue weighted by Crippen LogP contribution is 2.33. The van der Waals surface area contributed by atoms with E-state index in [-0.39, 0.29) is 18.5 Å². The molecule has 0 amide bonds. The van der Waals surface area contributed by atoms with Gasteiger partial charge in [0, 0.05) is 38.7 Å². The smallest absolute Gasteiger partial charge is 0.330 e. The van der Waals surface area contributed by atoms with Crippen molar-refractivity contribution in [2.45, 2.75) is 36.8 Å². The zero-order valence-corrected chi connectivity index (χ0v) is 26.1. The Kier molecular flexibility index (Phi) is 8.63. The number of fused-ring (bicyclic) bond motifs is 1. The van der Waals surface area contributed by atoms with Crippen molar-refractivity contribution in [2.75, 3.05) is 30.3 Å². The third-order valence-electron chi connectivity index (χ3n) is 8.55. The molecule has 248 valence electrons. The first-order valence-electron chi connectivity index (χ1n) is 15.6. The molecule has 1 unspecified atom stereocenters. The van der Waals surface area contributed by atoms with Gasteiger partial charge in [0.1, 0.15) is 24.5 Å². The van der Waals surface area contributed by atoms with Gasteiger partial charge in [-0.1, -0.05) is 60.7 Å². The molecule has 1 aliphatic heterocycles. The molecule has 0 spiro atoms. The Labute approximate surface area is 274 Å². The lowest BCUT2D eigenvalue weighted by atomic mass is 9.91. The van der Waals surface area contributed by atoms with E-state index >= 15 is 0 Å². The number of aromatic hydroxyl groups is 1. The molecule has 0 saturated carbocycles. The molecule has 48 heavy (non-hydrogen) atoms. The molecular weight excluding hydrogens is 616 g/mol. The Balaban J connectivity index is 1.29. The largest absolute Gasteiger partial charge is 0.493 e. The van der Waals surface area contributed by atoms with E-state index in [1.807, 2.05) is 54.2 Å². The quantitative estimate of drug-likeness (QED) is 0.113. The van der Waals surface area contributed by atoms with Gasteiger partial charge in [-0.25, -0.2) is 19.3 Å². The summed E-state index contributed by atoms with van der Waals surface area (Å²) in [6.07, 6.45) is 2.07. The molecule has 7 rings (SSSR count). The van der Waals surface area contributed by atoms with Gasteiger partial charge in [0.2, 0.25) is 11.8 Å². The molecule has 0 bridgehead atoms. The fourth-order valence-electron chi connectivity index (χ4n) is 6.15. The van der Waals surface area contributed by atoms with E-state index in [1.165, 1.54) is 6.33 Å². The normalized spacial score (nSPS) is 18.5. The number of imidazole rings is 3. The van der Waals surface area contributed by atoms with Crippen LogP contribution in [-0.4, -0.2) is 91.9 Å². The van der Waals surface area contributed by atoms with Crippen molar-refractivity contribution in [3.8, 4) is 5.88 Å². The van der Waals surface area contributed by atoms with Crippen LogP contribution in [0.1, 0.15) is 28.9 Å². The minimum absolute atomic E-state index is 0.0216. The first kappa shape index (κ1) is 31.1. The number of hydrogen-bond donors (Lipinski definition) is 6. The molecule has 4 aromatic heterocycles. The highest BCUT2D eigenvalue weighted by Gasteiger charge is 2.43. The van der Waals surface area contributed by atoms with Crippen LogP contribution in [0.15, 0.2) is 90.5 Å². The number of ether oxygens (including phenoxy) is 1. The van der Waals surface area contributed by atoms with Crippen molar-refractivity contribution >= 4 is 22.9 Å². The van der Waals surface area contributed by atoms with Gasteiger partial charge in [-0.3, -0.25) is 4.57 Å². The van der Waals surface area contributed by atoms with Gasteiger partial charge >= 0.3 is 5.69 Å². The molecule has 6 N–H and O–H groups in total. The van der Waals surface area contributed by atoms with Crippen LogP contribution in [0.4, 0.5) is 11.8 Å². The lowest BCUT2D eigenvalue weighted by molar-refractivity contribution is -0.0136.